The van der Waals surface area contributed by atoms with Crippen molar-refractivity contribution < 1.29 is 4.42 Å². The zero-order valence-corrected chi connectivity index (χ0v) is 31.2. The quantitative estimate of drug-likeness (QED) is 0.176. The molecule has 3 aromatic heterocycles. The molecule has 0 aliphatic rings. The molecule has 12 rings (SSSR count). The Morgan fingerprint density at radius 3 is 1.69 bits per heavy atom. The van der Waals surface area contributed by atoms with Gasteiger partial charge in [0.1, 0.15) is 11.2 Å². The Bertz CT molecular complexity index is 3510. The average molecular weight is 741 g/mol. The van der Waals surface area contributed by atoms with E-state index in [1.165, 1.54) is 38.0 Å². The van der Waals surface area contributed by atoms with Gasteiger partial charge in [-0.05, 0) is 81.2 Å². The fraction of sp³-hybridized carbons (Fsp3) is 0. The molecule has 0 aliphatic carbocycles. The van der Waals surface area contributed by atoms with Crippen LogP contribution in [-0.4, -0.2) is 19.5 Å². The van der Waals surface area contributed by atoms with Gasteiger partial charge in [0.2, 0.25) is 0 Å². The van der Waals surface area contributed by atoms with Crippen LogP contribution in [0.15, 0.2) is 199 Å². The first kappa shape index (κ1) is 32.4. The maximum absolute atomic E-state index is 6.80. The first-order chi connectivity index (χ1) is 28.7. The summed E-state index contributed by atoms with van der Waals surface area (Å²) in [6, 6.07) is 68.1. The molecule has 0 aliphatic heterocycles. The summed E-state index contributed by atoms with van der Waals surface area (Å²) >= 11 is 0. The molecule has 9 aromatic carbocycles. The molecule has 5 nitrogen and oxygen atoms in total. The maximum Gasteiger partial charge on any atom is 0.164 e. The van der Waals surface area contributed by atoms with Gasteiger partial charge in [0.25, 0.3) is 0 Å². The second-order valence-corrected chi connectivity index (χ2v) is 14.8. The normalized spacial score (nSPS) is 11.8. The highest BCUT2D eigenvalue weighted by molar-refractivity contribution is 6.22. The largest absolute Gasteiger partial charge is 0.456 e. The van der Waals surface area contributed by atoms with Crippen LogP contribution < -0.4 is 0 Å². The minimum atomic E-state index is 0.593. The molecule has 0 bridgehead atoms. The molecule has 270 valence electrons. The molecular formula is C53H32N4O. The predicted molar refractivity (Wildman–Crippen MR) is 238 cm³/mol. The highest BCUT2D eigenvalue weighted by Gasteiger charge is 2.19. The highest BCUT2D eigenvalue weighted by Crippen LogP contribution is 2.42. The van der Waals surface area contributed by atoms with E-state index in [2.05, 4.69) is 138 Å². The lowest BCUT2D eigenvalue weighted by Crippen LogP contribution is -2.00. The molecule has 3 heterocycles. The van der Waals surface area contributed by atoms with Gasteiger partial charge in [0, 0.05) is 43.9 Å². The second-order valence-electron chi connectivity index (χ2n) is 14.8. The Morgan fingerprint density at radius 1 is 0.345 bits per heavy atom. The zero-order valence-electron chi connectivity index (χ0n) is 31.2. The summed E-state index contributed by atoms with van der Waals surface area (Å²) in [6.45, 7) is 0. The first-order valence-corrected chi connectivity index (χ1v) is 19.5. The highest BCUT2D eigenvalue weighted by atomic mass is 16.3. The van der Waals surface area contributed by atoms with Crippen LogP contribution in [0.25, 0.3) is 116 Å². The monoisotopic (exact) mass is 740 g/mol. The number of nitrogens with zero attached hydrogens (tertiary/aromatic N) is 4. The van der Waals surface area contributed by atoms with E-state index in [0.717, 1.165) is 60.8 Å². The van der Waals surface area contributed by atoms with Crippen LogP contribution in [0.3, 0.4) is 0 Å². The number of aromatic nitrogens is 4. The summed E-state index contributed by atoms with van der Waals surface area (Å²) in [5.41, 5.74) is 10.1. The van der Waals surface area contributed by atoms with Gasteiger partial charge in [-0.15, -0.1) is 0 Å². The number of benzene rings is 9. The van der Waals surface area contributed by atoms with Crippen molar-refractivity contribution in [2.24, 2.45) is 0 Å². The minimum absolute atomic E-state index is 0.593. The summed E-state index contributed by atoms with van der Waals surface area (Å²) in [7, 11) is 0. The third-order valence-corrected chi connectivity index (χ3v) is 11.4. The van der Waals surface area contributed by atoms with Gasteiger partial charge in [-0.2, -0.15) is 0 Å². The smallest absolute Gasteiger partial charge is 0.164 e. The summed E-state index contributed by atoms with van der Waals surface area (Å²) in [5, 5.41) is 9.42. The number of rotatable bonds is 5. The van der Waals surface area contributed by atoms with Gasteiger partial charge in [-0.1, -0.05) is 146 Å². The molecule has 0 spiro atoms. The maximum atomic E-state index is 6.80. The van der Waals surface area contributed by atoms with Crippen molar-refractivity contribution in [3.8, 4) is 51.0 Å². The van der Waals surface area contributed by atoms with Crippen molar-refractivity contribution in [1.82, 2.24) is 19.5 Å². The molecule has 12 aromatic rings. The lowest BCUT2D eigenvalue weighted by Gasteiger charge is -2.13. The molecular weight excluding hydrogens is 709 g/mol. The van der Waals surface area contributed by atoms with Crippen molar-refractivity contribution >= 4 is 65.3 Å². The summed E-state index contributed by atoms with van der Waals surface area (Å²) in [6.07, 6.45) is 0. The summed E-state index contributed by atoms with van der Waals surface area (Å²) in [5.74, 6) is 1.85. The van der Waals surface area contributed by atoms with Gasteiger partial charge < -0.3 is 8.98 Å². The van der Waals surface area contributed by atoms with Gasteiger partial charge in [-0.3, -0.25) is 0 Å². The number of fused-ring (bicyclic) bond motifs is 9. The number of para-hydroxylation sites is 1. The van der Waals surface area contributed by atoms with Crippen LogP contribution in [0.2, 0.25) is 0 Å². The Labute approximate surface area is 333 Å². The lowest BCUT2D eigenvalue weighted by atomic mass is 9.94. The van der Waals surface area contributed by atoms with Crippen LogP contribution in [0.1, 0.15) is 0 Å². The van der Waals surface area contributed by atoms with Crippen molar-refractivity contribution in [3.63, 3.8) is 0 Å². The lowest BCUT2D eigenvalue weighted by molar-refractivity contribution is 0.669. The molecule has 0 unspecified atom stereocenters. The standard InChI is InChI=1S/C53H32N4O/c1-3-14-33(15-4-1)51-54-52(34-16-5-2-6-17-34)56-53(55-51)38-26-27-43-48(31-38)58-49-32-44(40-22-9-10-24-42(40)50(43)49)37-20-13-21-39(28-37)57-46-25-12-11-23-41(46)45-29-35-18-7-8-19-36(35)30-47(45)57/h1-32H. The molecule has 5 heteroatoms. The van der Waals surface area contributed by atoms with Crippen molar-refractivity contribution in [2.75, 3.05) is 0 Å². The van der Waals surface area contributed by atoms with E-state index in [1.807, 2.05) is 60.7 Å². The minimum Gasteiger partial charge on any atom is -0.456 e. The van der Waals surface area contributed by atoms with Gasteiger partial charge in [0.05, 0.1) is 11.0 Å². The Morgan fingerprint density at radius 2 is 0.948 bits per heavy atom. The van der Waals surface area contributed by atoms with Crippen LogP contribution in [-0.2, 0) is 0 Å². The van der Waals surface area contributed by atoms with E-state index in [-0.39, 0.29) is 0 Å². The predicted octanol–water partition coefficient (Wildman–Crippen LogP) is 13.8. The van der Waals surface area contributed by atoms with Crippen molar-refractivity contribution in [3.05, 3.63) is 194 Å². The van der Waals surface area contributed by atoms with E-state index >= 15 is 0 Å². The van der Waals surface area contributed by atoms with E-state index < -0.39 is 0 Å². The van der Waals surface area contributed by atoms with E-state index in [1.54, 1.807) is 0 Å². The molecule has 0 amide bonds. The molecule has 58 heavy (non-hydrogen) atoms. The summed E-state index contributed by atoms with van der Waals surface area (Å²) in [4.78, 5) is 14.8. The zero-order chi connectivity index (χ0) is 38.2. The molecule has 0 atom stereocenters. The fourth-order valence-electron chi connectivity index (χ4n) is 8.70. The second kappa shape index (κ2) is 12.8. The summed E-state index contributed by atoms with van der Waals surface area (Å²) < 4.78 is 9.20. The third-order valence-electron chi connectivity index (χ3n) is 11.4. The molecule has 0 fully saturated rings. The Kier molecular flexibility index (Phi) is 7.16. The van der Waals surface area contributed by atoms with E-state index in [0.29, 0.717) is 17.5 Å². The van der Waals surface area contributed by atoms with Crippen LogP contribution in [0, 0.1) is 0 Å². The van der Waals surface area contributed by atoms with Gasteiger partial charge in [-0.25, -0.2) is 15.0 Å². The van der Waals surface area contributed by atoms with Gasteiger partial charge in [0.15, 0.2) is 17.5 Å². The number of hydrogen-bond donors (Lipinski definition) is 0. The topological polar surface area (TPSA) is 56.7 Å². The average Bonchev–Trinajstić information content (AvgIpc) is 3.83. The Hall–Kier alpha value is -7.89. The van der Waals surface area contributed by atoms with E-state index in [4.69, 9.17) is 19.4 Å². The molecule has 0 saturated heterocycles. The van der Waals surface area contributed by atoms with E-state index in [9.17, 15) is 0 Å². The fourth-order valence-corrected chi connectivity index (χ4v) is 8.70. The third kappa shape index (κ3) is 5.14. The SMILES string of the molecule is c1ccc(-c2nc(-c3ccccc3)nc(-c3ccc4c(c3)oc3cc(-c5cccc(-n6c7ccccc7c7cc8ccccc8cc76)c5)c5ccccc5c34)n2)cc1. The number of hydrogen-bond acceptors (Lipinski definition) is 4. The molecule has 0 radical (unpaired) electrons. The number of furan rings is 1. The van der Waals surface area contributed by atoms with Crippen molar-refractivity contribution in [1.29, 1.82) is 0 Å². The molecule has 0 saturated carbocycles. The van der Waals surface area contributed by atoms with Crippen LogP contribution in [0.5, 0.6) is 0 Å². The van der Waals surface area contributed by atoms with Crippen LogP contribution in [0.4, 0.5) is 0 Å². The van der Waals surface area contributed by atoms with Gasteiger partial charge >= 0.3 is 0 Å². The van der Waals surface area contributed by atoms with Crippen LogP contribution >= 0.6 is 0 Å². The van der Waals surface area contributed by atoms with Crippen molar-refractivity contribution in [2.45, 2.75) is 0 Å². The molecule has 0 N–H and O–H groups in total. The Balaban J connectivity index is 1.02. The first-order valence-electron chi connectivity index (χ1n) is 19.5.